The van der Waals surface area contributed by atoms with Crippen LogP contribution in [0.4, 0.5) is 0 Å². The second kappa shape index (κ2) is 22.9. The highest BCUT2D eigenvalue weighted by atomic mass is 16.5. The molecule has 0 radical (unpaired) electrons. The highest BCUT2D eigenvalue weighted by Crippen LogP contribution is 2.34. The van der Waals surface area contributed by atoms with Crippen LogP contribution >= 0.6 is 0 Å². The zero-order valence-electron chi connectivity index (χ0n) is 28.2. The van der Waals surface area contributed by atoms with Crippen molar-refractivity contribution in [3.8, 4) is 17.2 Å². The van der Waals surface area contributed by atoms with E-state index in [9.17, 15) is 4.79 Å². The molecular formula is C40H62O4. The number of esters is 1. The lowest BCUT2D eigenvalue weighted by Crippen LogP contribution is -2.15. The summed E-state index contributed by atoms with van der Waals surface area (Å²) in [5.41, 5.74) is 0.516. The summed E-state index contributed by atoms with van der Waals surface area (Å²) >= 11 is 0. The smallest absolute Gasteiger partial charge is 0.343 e. The van der Waals surface area contributed by atoms with Gasteiger partial charge < -0.3 is 14.2 Å². The second-order valence-corrected chi connectivity index (χ2v) is 13.1. The largest absolute Gasteiger partial charge is 0.494 e. The van der Waals surface area contributed by atoms with Gasteiger partial charge in [-0.15, -0.1) is 0 Å². The van der Waals surface area contributed by atoms with Crippen LogP contribution in [0.5, 0.6) is 17.2 Å². The van der Waals surface area contributed by atoms with Crippen LogP contribution < -0.4 is 14.2 Å². The molecule has 0 unspecified atom stereocenters. The van der Waals surface area contributed by atoms with Crippen LogP contribution in [0.3, 0.4) is 0 Å². The van der Waals surface area contributed by atoms with Crippen molar-refractivity contribution in [2.75, 3.05) is 13.2 Å². The molecule has 1 aliphatic carbocycles. The zero-order valence-corrected chi connectivity index (χ0v) is 28.2. The van der Waals surface area contributed by atoms with Gasteiger partial charge in [0.25, 0.3) is 0 Å². The topological polar surface area (TPSA) is 44.8 Å². The van der Waals surface area contributed by atoms with Crippen LogP contribution in [-0.4, -0.2) is 19.2 Å². The summed E-state index contributed by atoms with van der Waals surface area (Å²) in [5.74, 6) is 3.63. The number of hydrogen-bond donors (Lipinski definition) is 0. The quantitative estimate of drug-likeness (QED) is 0.0677. The van der Waals surface area contributed by atoms with Crippen LogP contribution in [0.25, 0.3) is 0 Å². The van der Waals surface area contributed by atoms with E-state index in [1.54, 1.807) is 24.3 Å². The second-order valence-electron chi connectivity index (χ2n) is 13.1. The molecular weight excluding hydrogens is 544 g/mol. The first-order valence-electron chi connectivity index (χ1n) is 18.4. The van der Waals surface area contributed by atoms with Crippen LogP contribution in [0, 0.1) is 11.8 Å². The molecule has 0 spiro atoms. The van der Waals surface area contributed by atoms with Crippen molar-refractivity contribution in [2.24, 2.45) is 11.8 Å². The third-order valence-corrected chi connectivity index (χ3v) is 9.35. The lowest BCUT2D eigenvalue weighted by Gasteiger charge is -2.28. The highest BCUT2D eigenvalue weighted by Gasteiger charge is 2.20. The van der Waals surface area contributed by atoms with Gasteiger partial charge in [0.2, 0.25) is 0 Å². The van der Waals surface area contributed by atoms with E-state index in [-0.39, 0.29) is 5.97 Å². The monoisotopic (exact) mass is 606 g/mol. The number of hydrogen-bond acceptors (Lipinski definition) is 4. The Morgan fingerprint density at radius 2 is 0.932 bits per heavy atom. The summed E-state index contributed by atoms with van der Waals surface area (Å²) < 4.78 is 17.4. The van der Waals surface area contributed by atoms with Gasteiger partial charge in [-0.25, -0.2) is 4.79 Å². The lowest BCUT2D eigenvalue weighted by atomic mass is 9.78. The van der Waals surface area contributed by atoms with Crippen molar-refractivity contribution in [3.63, 3.8) is 0 Å². The minimum Gasteiger partial charge on any atom is -0.494 e. The average Bonchev–Trinajstić information content (AvgIpc) is 3.05. The van der Waals surface area contributed by atoms with E-state index in [0.29, 0.717) is 17.9 Å². The molecule has 4 heteroatoms. The number of carbonyl (C=O) groups is 1. The van der Waals surface area contributed by atoms with Crippen molar-refractivity contribution >= 4 is 5.97 Å². The van der Waals surface area contributed by atoms with E-state index in [1.165, 1.54) is 122 Å². The Morgan fingerprint density at radius 1 is 0.523 bits per heavy atom. The van der Waals surface area contributed by atoms with Crippen LogP contribution in [0.1, 0.15) is 159 Å². The molecule has 0 saturated heterocycles. The predicted octanol–water partition coefficient (Wildman–Crippen LogP) is 12.1. The molecule has 246 valence electrons. The molecule has 44 heavy (non-hydrogen) atoms. The first kappa shape index (κ1) is 36.0. The fraction of sp³-hybridized carbons (Fsp3) is 0.675. The van der Waals surface area contributed by atoms with E-state index in [0.717, 1.165) is 42.8 Å². The average molecular weight is 607 g/mol. The Balaban J connectivity index is 1.22. The molecule has 0 atom stereocenters. The van der Waals surface area contributed by atoms with Crippen LogP contribution in [-0.2, 0) is 0 Å². The number of unbranched alkanes of at least 4 members (excludes halogenated alkanes) is 12. The minimum absolute atomic E-state index is 0.365. The Morgan fingerprint density at radius 3 is 1.48 bits per heavy atom. The maximum atomic E-state index is 12.6. The summed E-state index contributed by atoms with van der Waals surface area (Å²) in [6.07, 6.45) is 28.2. The van der Waals surface area contributed by atoms with Crippen molar-refractivity contribution in [3.05, 3.63) is 54.1 Å². The molecule has 3 rings (SSSR count). The molecule has 0 bridgehead atoms. The SMILES string of the molecule is CCCCCCCCCCCOc1ccc(C(=O)Oc2ccc(OCCCC3CCC(CCCCCCC)CC3)cc2)cc1. The number of carbonyl (C=O) groups excluding carboxylic acids is 1. The van der Waals surface area contributed by atoms with Gasteiger partial charge in [-0.3, -0.25) is 0 Å². The van der Waals surface area contributed by atoms with Crippen LogP contribution in [0.15, 0.2) is 48.5 Å². The van der Waals surface area contributed by atoms with Gasteiger partial charge in [-0.1, -0.05) is 129 Å². The first-order valence-corrected chi connectivity index (χ1v) is 18.4. The Kier molecular flexibility index (Phi) is 18.8. The van der Waals surface area contributed by atoms with Gasteiger partial charge >= 0.3 is 5.97 Å². The molecule has 1 aliphatic rings. The molecule has 4 nitrogen and oxygen atoms in total. The maximum Gasteiger partial charge on any atom is 0.343 e. The van der Waals surface area contributed by atoms with Crippen molar-refractivity contribution < 1.29 is 19.0 Å². The fourth-order valence-electron chi connectivity index (χ4n) is 6.47. The van der Waals surface area contributed by atoms with Gasteiger partial charge in [-0.05, 0) is 79.6 Å². The summed E-state index contributed by atoms with van der Waals surface area (Å²) in [6, 6.07) is 14.6. The minimum atomic E-state index is -0.365. The summed E-state index contributed by atoms with van der Waals surface area (Å²) in [4.78, 5) is 12.6. The van der Waals surface area contributed by atoms with Crippen molar-refractivity contribution in [1.29, 1.82) is 0 Å². The normalized spacial score (nSPS) is 16.5. The number of ether oxygens (including phenoxy) is 3. The number of benzene rings is 2. The molecule has 2 aromatic carbocycles. The Bertz CT molecular complexity index is 975. The van der Waals surface area contributed by atoms with Gasteiger partial charge in [0, 0.05) is 0 Å². The summed E-state index contributed by atoms with van der Waals surface area (Å²) in [7, 11) is 0. The predicted molar refractivity (Wildman–Crippen MR) is 184 cm³/mol. The first-order chi connectivity index (χ1) is 21.7. The third-order valence-electron chi connectivity index (χ3n) is 9.35. The molecule has 0 aromatic heterocycles. The maximum absolute atomic E-state index is 12.6. The van der Waals surface area contributed by atoms with E-state index in [1.807, 2.05) is 24.3 Å². The molecule has 0 N–H and O–H groups in total. The summed E-state index contributed by atoms with van der Waals surface area (Å²) in [5, 5.41) is 0. The molecule has 1 fully saturated rings. The fourth-order valence-corrected chi connectivity index (χ4v) is 6.47. The van der Waals surface area contributed by atoms with Crippen molar-refractivity contribution in [2.45, 2.75) is 149 Å². The van der Waals surface area contributed by atoms with E-state index in [4.69, 9.17) is 14.2 Å². The molecule has 0 aliphatic heterocycles. The van der Waals surface area contributed by atoms with E-state index >= 15 is 0 Å². The van der Waals surface area contributed by atoms with Crippen molar-refractivity contribution in [1.82, 2.24) is 0 Å². The standard InChI is InChI=1S/C40H62O4/c1-3-5-7-9-10-11-12-14-16-32-42-37-26-24-36(25-27-37)40(41)44-39-30-28-38(29-31-39)43-33-17-19-35-22-20-34(21-23-35)18-15-13-8-6-4-2/h24-31,34-35H,3-23,32-33H2,1-2H3. The molecule has 2 aromatic rings. The Labute approximate surface area is 269 Å². The van der Waals surface area contributed by atoms with Gasteiger partial charge in [0.05, 0.1) is 18.8 Å². The van der Waals surface area contributed by atoms with Gasteiger partial charge in [0.1, 0.15) is 17.2 Å². The third kappa shape index (κ3) is 15.5. The van der Waals surface area contributed by atoms with Gasteiger partial charge in [0.15, 0.2) is 0 Å². The summed E-state index contributed by atoms with van der Waals surface area (Å²) in [6.45, 7) is 6.01. The van der Waals surface area contributed by atoms with E-state index < -0.39 is 0 Å². The number of rotatable bonds is 24. The lowest BCUT2D eigenvalue weighted by molar-refractivity contribution is 0.0734. The molecule has 1 saturated carbocycles. The zero-order chi connectivity index (χ0) is 31.1. The molecule has 0 heterocycles. The van der Waals surface area contributed by atoms with Crippen LogP contribution in [0.2, 0.25) is 0 Å². The highest BCUT2D eigenvalue weighted by molar-refractivity contribution is 5.91. The molecule has 0 amide bonds. The van der Waals surface area contributed by atoms with Gasteiger partial charge in [-0.2, -0.15) is 0 Å². The Hall–Kier alpha value is -2.49. The van der Waals surface area contributed by atoms with E-state index in [2.05, 4.69) is 13.8 Å².